The van der Waals surface area contributed by atoms with E-state index in [4.69, 9.17) is 0 Å². The van der Waals surface area contributed by atoms with Gasteiger partial charge in [-0.2, -0.15) is 0 Å². The van der Waals surface area contributed by atoms with Crippen LogP contribution >= 0.6 is 0 Å². The maximum atomic E-state index is 12.5. The van der Waals surface area contributed by atoms with Gasteiger partial charge in [0.25, 0.3) is 10.0 Å². The van der Waals surface area contributed by atoms with E-state index in [1.807, 2.05) is 19.1 Å². The van der Waals surface area contributed by atoms with Crippen molar-refractivity contribution in [1.29, 1.82) is 0 Å². The molecule has 0 unspecified atom stereocenters. The fourth-order valence-corrected chi connectivity index (χ4v) is 5.40. The molecule has 2 aromatic rings. The number of nitrogens with one attached hydrogen (secondary N) is 1. The third-order valence-corrected chi connectivity index (χ3v) is 7.35. The number of anilines is 2. The minimum atomic E-state index is -3.72. The summed E-state index contributed by atoms with van der Waals surface area (Å²) in [5, 5.41) is 0. The SMILES string of the molecule is Cc1ccc(NS(=O)(=O)c2ccc(N3CCCCS3(=O)=O)cc2)cc1. The number of sulfonamides is 2. The van der Waals surface area contributed by atoms with Gasteiger partial charge in [-0.3, -0.25) is 9.03 Å². The lowest BCUT2D eigenvalue weighted by Gasteiger charge is -2.28. The lowest BCUT2D eigenvalue weighted by molar-refractivity contribution is 0.574. The Kier molecular flexibility index (Phi) is 4.75. The molecule has 1 aliphatic rings. The fraction of sp³-hybridized carbons (Fsp3) is 0.294. The Morgan fingerprint density at radius 2 is 1.60 bits per heavy atom. The molecule has 8 heteroatoms. The Morgan fingerprint density at radius 3 is 2.20 bits per heavy atom. The fourth-order valence-electron chi connectivity index (χ4n) is 2.71. The van der Waals surface area contributed by atoms with Gasteiger partial charge in [0.05, 0.1) is 16.3 Å². The zero-order valence-electron chi connectivity index (χ0n) is 13.8. The van der Waals surface area contributed by atoms with E-state index in [0.717, 1.165) is 12.0 Å². The number of benzene rings is 2. The Hall–Kier alpha value is -2.06. The van der Waals surface area contributed by atoms with Gasteiger partial charge in [-0.1, -0.05) is 17.7 Å². The van der Waals surface area contributed by atoms with Crippen molar-refractivity contribution in [3.05, 3.63) is 54.1 Å². The highest BCUT2D eigenvalue weighted by Crippen LogP contribution is 2.25. The van der Waals surface area contributed by atoms with Crippen molar-refractivity contribution in [2.75, 3.05) is 21.3 Å². The quantitative estimate of drug-likeness (QED) is 0.884. The van der Waals surface area contributed by atoms with Crippen molar-refractivity contribution in [2.45, 2.75) is 24.7 Å². The maximum absolute atomic E-state index is 12.5. The van der Waals surface area contributed by atoms with Gasteiger partial charge in [-0.25, -0.2) is 16.8 Å². The van der Waals surface area contributed by atoms with Crippen molar-refractivity contribution in [1.82, 2.24) is 0 Å². The van der Waals surface area contributed by atoms with E-state index < -0.39 is 20.0 Å². The van der Waals surface area contributed by atoms with Crippen molar-refractivity contribution in [3.8, 4) is 0 Å². The van der Waals surface area contributed by atoms with Crippen molar-refractivity contribution < 1.29 is 16.8 Å². The van der Waals surface area contributed by atoms with Crippen molar-refractivity contribution in [2.24, 2.45) is 0 Å². The van der Waals surface area contributed by atoms with Crippen LogP contribution in [0.4, 0.5) is 11.4 Å². The average Bonchev–Trinajstić information content (AvgIpc) is 2.57. The molecule has 0 atom stereocenters. The minimum Gasteiger partial charge on any atom is -0.280 e. The van der Waals surface area contributed by atoms with Crippen molar-refractivity contribution >= 4 is 31.4 Å². The monoisotopic (exact) mass is 380 g/mol. The van der Waals surface area contributed by atoms with Gasteiger partial charge in [-0.15, -0.1) is 0 Å². The van der Waals surface area contributed by atoms with Gasteiger partial charge < -0.3 is 0 Å². The van der Waals surface area contributed by atoms with Gasteiger partial charge in [0.2, 0.25) is 10.0 Å². The van der Waals surface area contributed by atoms with E-state index in [2.05, 4.69) is 4.72 Å². The largest absolute Gasteiger partial charge is 0.280 e. The molecule has 1 N–H and O–H groups in total. The molecule has 1 aliphatic heterocycles. The summed E-state index contributed by atoms with van der Waals surface area (Å²) < 4.78 is 53.0. The Morgan fingerprint density at radius 1 is 0.960 bits per heavy atom. The van der Waals surface area contributed by atoms with E-state index in [-0.39, 0.29) is 10.6 Å². The molecule has 0 bridgehead atoms. The van der Waals surface area contributed by atoms with E-state index in [1.54, 1.807) is 12.1 Å². The molecule has 0 spiro atoms. The van der Waals surface area contributed by atoms with E-state index in [0.29, 0.717) is 24.3 Å². The topological polar surface area (TPSA) is 83.6 Å². The minimum absolute atomic E-state index is 0.0891. The third-order valence-electron chi connectivity index (χ3n) is 4.09. The first-order chi connectivity index (χ1) is 11.8. The summed E-state index contributed by atoms with van der Waals surface area (Å²) in [5.74, 6) is 0.127. The number of nitrogens with zero attached hydrogens (tertiary/aromatic N) is 1. The molecule has 0 saturated carbocycles. The molecule has 0 aliphatic carbocycles. The molecule has 2 aromatic carbocycles. The summed E-state index contributed by atoms with van der Waals surface area (Å²) in [6, 6.07) is 13.0. The molecule has 0 aromatic heterocycles. The number of rotatable bonds is 4. The third kappa shape index (κ3) is 3.96. The van der Waals surface area contributed by atoms with Crippen molar-refractivity contribution in [3.63, 3.8) is 0 Å². The van der Waals surface area contributed by atoms with Gasteiger partial charge in [0.15, 0.2) is 0 Å². The van der Waals surface area contributed by atoms with Crippen LogP contribution in [0.25, 0.3) is 0 Å². The van der Waals surface area contributed by atoms with Gasteiger partial charge in [0.1, 0.15) is 0 Å². The summed E-state index contributed by atoms with van der Waals surface area (Å²) in [6.45, 7) is 2.35. The second-order valence-corrected chi connectivity index (χ2v) is 9.76. The summed E-state index contributed by atoms with van der Waals surface area (Å²) in [6.07, 6.45) is 1.46. The van der Waals surface area contributed by atoms with Crippen LogP contribution in [0.15, 0.2) is 53.4 Å². The highest BCUT2D eigenvalue weighted by atomic mass is 32.2. The highest BCUT2D eigenvalue weighted by molar-refractivity contribution is 7.93. The normalized spacial score (nSPS) is 17.2. The first kappa shape index (κ1) is 17.8. The highest BCUT2D eigenvalue weighted by Gasteiger charge is 2.26. The molecule has 25 heavy (non-hydrogen) atoms. The molecule has 1 saturated heterocycles. The molecular weight excluding hydrogens is 360 g/mol. The predicted octanol–water partition coefficient (Wildman–Crippen LogP) is 2.73. The number of hydrogen-bond donors (Lipinski definition) is 1. The Labute approximate surface area is 148 Å². The zero-order valence-corrected chi connectivity index (χ0v) is 15.5. The van der Waals surface area contributed by atoms with E-state index in [9.17, 15) is 16.8 Å². The maximum Gasteiger partial charge on any atom is 0.261 e. The molecule has 134 valence electrons. The van der Waals surface area contributed by atoms with E-state index in [1.165, 1.54) is 28.6 Å². The van der Waals surface area contributed by atoms with Crippen LogP contribution in [0.5, 0.6) is 0 Å². The molecule has 3 rings (SSSR count). The molecule has 1 fully saturated rings. The molecule has 6 nitrogen and oxygen atoms in total. The first-order valence-electron chi connectivity index (χ1n) is 7.98. The lowest BCUT2D eigenvalue weighted by atomic mass is 10.2. The summed E-state index contributed by atoms with van der Waals surface area (Å²) >= 11 is 0. The summed E-state index contributed by atoms with van der Waals surface area (Å²) in [7, 11) is -7.03. The number of aryl methyl sites for hydroxylation is 1. The van der Waals surface area contributed by atoms with Crippen LogP contribution in [-0.2, 0) is 20.0 Å². The van der Waals surface area contributed by atoms with Gasteiger partial charge >= 0.3 is 0 Å². The van der Waals surface area contributed by atoms with Crippen LogP contribution < -0.4 is 9.03 Å². The van der Waals surface area contributed by atoms with Gasteiger partial charge in [0, 0.05) is 12.2 Å². The Balaban J connectivity index is 1.82. The smallest absolute Gasteiger partial charge is 0.261 e. The second-order valence-electron chi connectivity index (χ2n) is 6.06. The summed E-state index contributed by atoms with van der Waals surface area (Å²) in [5.41, 5.74) is 2.01. The molecule has 0 amide bonds. The standard InChI is InChI=1S/C17H20N2O4S2/c1-14-4-6-15(7-5-14)18-25(22,23)17-10-8-16(9-11-17)19-12-2-3-13-24(19,20)21/h4-11,18H,2-3,12-13H2,1H3. The molecule has 0 radical (unpaired) electrons. The van der Waals surface area contributed by atoms with Crippen LogP contribution in [0, 0.1) is 6.92 Å². The lowest BCUT2D eigenvalue weighted by Crippen LogP contribution is -2.37. The van der Waals surface area contributed by atoms with Crippen LogP contribution in [0.3, 0.4) is 0 Å². The number of hydrogen-bond acceptors (Lipinski definition) is 4. The van der Waals surface area contributed by atoms with Gasteiger partial charge in [-0.05, 0) is 56.2 Å². The first-order valence-corrected chi connectivity index (χ1v) is 11.1. The van der Waals surface area contributed by atoms with E-state index >= 15 is 0 Å². The molecule has 1 heterocycles. The molecular formula is C17H20N2O4S2. The predicted molar refractivity (Wildman–Crippen MR) is 98.8 cm³/mol. The van der Waals surface area contributed by atoms with Crippen LogP contribution in [0.1, 0.15) is 18.4 Å². The average molecular weight is 380 g/mol. The second kappa shape index (κ2) is 6.68. The summed E-state index contributed by atoms with van der Waals surface area (Å²) in [4.78, 5) is 0.0891. The zero-order chi connectivity index (χ0) is 18.1. The van der Waals surface area contributed by atoms with Crippen LogP contribution in [0.2, 0.25) is 0 Å². The Bertz CT molecular complexity index is 951. The van der Waals surface area contributed by atoms with Crippen LogP contribution in [-0.4, -0.2) is 29.1 Å².